The number of carbonyl (C=O) groups is 2. The van der Waals surface area contributed by atoms with E-state index in [0.29, 0.717) is 32.5 Å². The van der Waals surface area contributed by atoms with Gasteiger partial charge < -0.3 is 15.2 Å². The zero-order chi connectivity index (χ0) is 18.4. The van der Waals surface area contributed by atoms with Crippen molar-refractivity contribution >= 4 is 17.6 Å². The van der Waals surface area contributed by atoms with Gasteiger partial charge in [0, 0.05) is 11.6 Å². The molecule has 26 heavy (non-hydrogen) atoms. The van der Waals surface area contributed by atoms with E-state index in [-0.39, 0.29) is 11.8 Å². The van der Waals surface area contributed by atoms with Crippen LogP contribution in [0.1, 0.15) is 30.4 Å². The number of amides is 1. The summed E-state index contributed by atoms with van der Waals surface area (Å²) in [5.41, 5.74) is 2.89. The molecule has 0 bridgehead atoms. The Balaban J connectivity index is 1.45. The predicted octanol–water partition coefficient (Wildman–Crippen LogP) is 3.84. The second-order valence-corrected chi connectivity index (χ2v) is 6.71. The lowest BCUT2D eigenvalue weighted by molar-refractivity contribution is -0.141. The summed E-state index contributed by atoms with van der Waals surface area (Å²) in [6.07, 6.45) is 1.63. The molecule has 5 nitrogen and oxygen atoms in total. The summed E-state index contributed by atoms with van der Waals surface area (Å²) in [7, 11) is 0. The molecular formula is C21H23NO4. The van der Waals surface area contributed by atoms with Gasteiger partial charge in [-0.05, 0) is 42.5 Å². The van der Waals surface area contributed by atoms with Crippen molar-refractivity contribution in [2.24, 2.45) is 11.8 Å². The molecule has 0 aliphatic heterocycles. The van der Waals surface area contributed by atoms with Crippen LogP contribution in [-0.2, 0) is 27.5 Å². The molecule has 0 unspecified atom stereocenters. The Bertz CT molecular complexity index is 742. The van der Waals surface area contributed by atoms with E-state index in [1.165, 1.54) is 0 Å². The topological polar surface area (TPSA) is 75.6 Å². The molecule has 2 aromatic rings. The molecule has 5 heteroatoms. The van der Waals surface area contributed by atoms with Crippen LogP contribution in [0.5, 0.6) is 0 Å². The van der Waals surface area contributed by atoms with Crippen molar-refractivity contribution in [3.05, 3.63) is 65.7 Å². The fraction of sp³-hybridized carbons (Fsp3) is 0.333. The average Bonchev–Trinajstić information content (AvgIpc) is 3.15. The number of rotatable bonds is 7. The Kier molecular flexibility index (Phi) is 6.02. The molecule has 0 heterocycles. The van der Waals surface area contributed by atoms with Crippen LogP contribution in [0.3, 0.4) is 0 Å². The number of aliphatic carboxylic acids is 1. The van der Waals surface area contributed by atoms with Crippen LogP contribution < -0.4 is 5.32 Å². The Labute approximate surface area is 153 Å². The van der Waals surface area contributed by atoms with E-state index in [2.05, 4.69) is 5.32 Å². The zero-order valence-electron chi connectivity index (χ0n) is 14.6. The SMILES string of the molecule is O=C(O)[C@@H]1CC[C@H](C(=O)Nc2ccc(COCc3ccccc3)cc2)C1. The predicted molar refractivity (Wildman–Crippen MR) is 98.5 cm³/mol. The van der Waals surface area contributed by atoms with Crippen molar-refractivity contribution in [3.8, 4) is 0 Å². The number of ether oxygens (including phenoxy) is 1. The van der Waals surface area contributed by atoms with Gasteiger partial charge in [0.05, 0.1) is 19.1 Å². The summed E-state index contributed by atoms with van der Waals surface area (Å²) in [6.45, 7) is 1.07. The quantitative estimate of drug-likeness (QED) is 0.793. The molecule has 0 spiro atoms. The number of carboxylic acids is 1. The smallest absolute Gasteiger partial charge is 0.306 e. The first-order valence-corrected chi connectivity index (χ1v) is 8.86. The zero-order valence-corrected chi connectivity index (χ0v) is 14.6. The van der Waals surface area contributed by atoms with Gasteiger partial charge in [0.25, 0.3) is 0 Å². The molecule has 2 N–H and O–H groups in total. The number of anilines is 1. The number of benzene rings is 2. The van der Waals surface area contributed by atoms with Crippen molar-refractivity contribution in [1.29, 1.82) is 0 Å². The first-order valence-electron chi connectivity index (χ1n) is 8.86. The number of carbonyl (C=O) groups excluding carboxylic acids is 1. The van der Waals surface area contributed by atoms with Crippen LogP contribution in [-0.4, -0.2) is 17.0 Å². The first kappa shape index (κ1) is 18.1. The van der Waals surface area contributed by atoms with Crippen LogP contribution in [0.4, 0.5) is 5.69 Å². The second-order valence-electron chi connectivity index (χ2n) is 6.71. The van der Waals surface area contributed by atoms with Gasteiger partial charge in [-0.3, -0.25) is 9.59 Å². The highest BCUT2D eigenvalue weighted by atomic mass is 16.5. The molecule has 3 rings (SSSR count). The van der Waals surface area contributed by atoms with E-state index in [9.17, 15) is 9.59 Å². The second kappa shape index (κ2) is 8.63. The van der Waals surface area contributed by atoms with Crippen molar-refractivity contribution < 1.29 is 19.4 Å². The Morgan fingerprint density at radius 2 is 1.54 bits per heavy atom. The van der Waals surface area contributed by atoms with Gasteiger partial charge in [-0.15, -0.1) is 0 Å². The molecule has 0 saturated heterocycles. The molecule has 136 valence electrons. The molecule has 1 fully saturated rings. The van der Waals surface area contributed by atoms with Crippen LogP contribution in [0.25, 0.3) is 0 Å². The Hall–Kier alpha value is -2.66. The molecule has 2 atom stereocenters. The van der Waals surface area contributed by atoms with Crippen molar-refractivity contribution in [2.45, 2.75) is 32.5 Å². The minimum atomic E-state index is -0.805. The van der Waals surface area contributed by atoms with E-state index in [1.807, 2.05) is 54.6 Å². The fourth-order valence-electron chi connectivity index (χ4n) is 3.23. The van der Waals surface area contributed by atoms with Crippen molar-refractivity contribution in [1.82, 2.24) is 0 Å². The summed E-state index contributed by atoms with van der Waals surface area (Å²) in [5.74, 6) is -1.51. The van der Waals surface area contributed by atoms with Gasteiger partial charge >= 0.3 is 5.97 Å². The third-order valence-electron chi connectivity index (χ3n) is 4.75. The fourth-order valence-corrected chi connectivity index (χ4v) is 3.23. The summed E-state index contributed by atoms with van der Waals surface area (Å²) in [4.78, 5) is 23.3. The number of hydrogen-bond donors (Lipinski definition) is 2. The normalized spacial score (nSPS) is 19.2. The molecule has 1 saturated carbocycles. The van der Waals surface area contributed by atoms with E-state index in [4.69, 9.17) is 9.84 Å². The maximum absolute atomic E-state index is 12.3. The molecule has 1 aliphatic rings. The van der Waals surface area contributed by atoms with Crippen LogP contribution in [0.15, 0.2) is 54.6 Å². The maximum atomic E-state index is 12.3. The maximum Gasteiger partial charge on any atom is 0.306 e. The highest BCUT2D eigenvalue weighted by Gasteiger charge is 2.33. The first-order chi connectivity index (χ1) is 12.6. The highest BCUT2D eigenvalue weighted by molar-refractivity contribution is 5.93. The summed E-state index contributed by atoms with van der Waals surface area (Å²) in [5, 5.41) is 11.9. The third kappa shape index (κ3) is 4.92. The average molecular weight is 353 g/mol. The Morgan fingerprint density at radius 3 is 2.15 bits per heavy atom. The van der Waals surface area contributed by atoms with E-state index >= 15 is 0 Å². The largest absolute Gasteiger partial charge is 0.481 e. The standard InChI is InChI=1S/C21H23NO4/c23-20(17-8-9-18(12-17)21(24)25)22-19-10-6-16(7-11-19)14-26-13-15-4-2-1-3-5-15/h1-7,10-11,17-18H,8-9,12-14H2,(H,22,23)(H,24,25)/t17-,18+/m0/s1. The molecular weight excluding hydrogens is 330 g/mol. The van der Waals surface area contributed by atoms with E-state index in [0.717, 1.165) is 16.8 Å². The van der Waals surface area contributed by atoms with Gasteiger partial charge in [-0.25, -0.2) is 0 Å². The molecule has 1 aliphatic carbocycles. The monoisotopic (exact) mass is 353 g/mol. The lowest BCUT2D eigenvalue weighted by atomic mass is 10.0. The van der Waals surface area contributed by atoms with Crippen LogP contribution >= 0.6 is 0 Å². The lowest BCUT2D eigenvalue weighted by Gasteiger charge is -2.11. The summed E-state index contributed by atoms with van der Waals surface area (Å²) >= 11 is 0. The van der Waals surface area contributed by atoms with Gasteiger partial charge in [-0.1, -0.05) is 42.5 Å². The van der Waals surface area contributed by atoms with Crippen LogP contribution in [0, 0.1) is 11.8 Å². The number of nitrogens with one attached hydrogen (secondary N) is 1. The van der Waals surface area contributed by atoms with E-state index in [1.54, 1.807) is 0 Å². The molecule has 0 radical (unpaired) electrons. The molecule has 0 aromatic heterocycles. The van der Waals surface area contributed by atoms with Gasteiger partial charge in [-0.2, -0.15) is 0 Å². The minimum absolute atomic E-state index is 0.0955. The number of carboxylic acid groups (broad SMARTS) is 1. The van der Waals surface area contributed by atoms with Gasteiger partial charge in [0.15, 0.2) is 0 Å². The summed E-state index contributed by atoms with van der Waals surface area (Å²) in [6, 6.07) is 17.5. The Morgan fingerprint density at radius 1 is 0.923 bits per heavy atom. The van der Waals surface area contributed by atoms with Crippen LogP contribution in [0.2, 0.25) is 0 Å². The summed E-state index contributed by atoms with van der Waals surface area (Å²) < 4.78 is 5.70. The number of hydrogen-bond acceptors (Lipinski definition) is 3. The lowest BCUT2D eigenvalue weighted by Crippen LogP contribution is -2.21. The minimum Gasteiger partial charge on any atom is -0.481 e. The van der Waals surface area contributed by atoms with Gasteiger partial charge in [0.2, 0.25) is 5.91 Å². The third-order valence-corrected chi connectivity index (χ3v) is 4.75. The highest BCUT2D eigenvalue weighted by Crippen LogP contribution is 2.31. The van der Waals surface area contributed by atoms with Crippen molar-refractivity contribution in [2.75, 3.05) is 5.32 Å². The van der Waals surface area contributed by atoms with Gasteiger partial charge in [0.1, 0.15) is 0 Å². The molecule has 1 amide bonds. The van der Waals surface area contributed by atoms with E-state index < -0.39 is 11.9 Å². The van der Waals surface area contributed by atoms with Crippen molar-refractivity contribution in [3.63, 3.8) is 0 Å². The molecule has 2 aromatic carbocycles.